The number of thiophene rings is 1. The van der Waals surface area contributed by atoms with Gasteiger partial charge < -0.3 is 15.4 Å². The number of hydrogen-bond acceptors (Lipinski definition) is 6. The molecule has 38 heavy (non-hydrogen) atoms. The summed E-state index contributed by atoms with van der Waals surface area (Å²) in [6.07, 6.45) is 0. The molecule has 0 saturated carbocycles. The van der Waals surface area contributed by atoms with Crippen molar-refractivity contribution in [2.75, 3.05) is 17.7 Å². The van der Waals surface area contributed by atoms with Crippen LogP contribution in [0.25, 0.3) is 11.1 Å². The Morgan fingerprint density at radius 1 is 0.974 bits per heavy atom. The molecule has 0 bridgehead atoms. The van der Waals surface area contributed by atoms with E-state index in [4.69, 9.17) is 4.74 Å². The zero-order valence-electron chi connectivity index (χ0n) is 20.9. The first-order valence-corrected chi connectivity index (χ1v) is 13.4. The first kappa shape index (κ1) is 27.1. The number of benzene rings is 3. The second-order valence-electron chi connectivity index (χ2n) is 8.45. The Morgan fingerprint density at radius 2 is 1.68 bits per heavy atom. The Balaban J connectivity index is 1.45. The van der Waals surface area contributed by atoms with Gasteiger partial charge in [-0.05, 0) is 61.9 Å². The minimum atomic E-state index is -0.526. The predicted octanol–water partition coefficient (Wildman–Crippen LogP) is 7.02. The van der Waals surface area contributed by atoms with Crippen LogP contribution in [0.1, 0.15) is 33.2 Å². The third kappa shape index (κ3) is 6.48. The summed E-state index contributed by atoms with van der Waals surface area (Å²) in [6.45, 7) is 3.74. The van der Waals surface area contributed by atoms with E-state index < -0.39 is 17.0 Å². The van der Waals surface area contributed by atoms with E-state index in [9.17, 15) is 18.8 Å². The highest BCUT2D eigenvalue weighted by Gasteiger charge is 2.24. The minimum Gasteiger partial charge on any atom is -0.465 e. The molecule has 0 aliphatic carbocycles. The monoisotopic (exact) mass is 548 g/mol. The summed E-state index contributed by atoms with van der Waals surface area (Å²) in [5, 5.41) is 7.41. The van der Waals surface area contributed by atoms with Crippen molar-refractivity contribution in [2.24, 2.45) is 0 Å². The van der Waals surface area contributed by atoms with Gasteiger partial charge in [0.1, 0.15) is 16.4 Å². The number of nitrogens with one attached hydrogen (secondary N) is 2. The number of aryl methyl sites for hydroxylation is 1. The van der Waals surface area contributed by atoms with Crippen LogP contribution in [0.2, 0.25) is 0 Å². The normalized spacial score (nSPS) is 11.5. The van der Waals surface area contributed by atoms with Crippen LogP contribution in [0, 0.1) is 12.7 Å². The number of rotatable bonds is 8. The molecule has 6 nitrogen and oxygen atoms in total. The maximum absolute atomic E-state index is 13.1. The highest BCUT2D eigenvalue weighted by molar-refractivity contribution is 8.00. The van der Waals surface area contributed by atoms with Gasteiger partial charge in [-0.3, -0.25) is 9.59 Å². The number of esters is 1. The molecule has 0 aliphatic heterocycles. The van der Waals surface area contributed by atoms with Crippen LogP contribution in [0.15, 0.2) is 83.1 Å². The lowest BCUT2D eigenvalue weighted by molar-refractivity contribution is -0.115. The minimum absolute atomic E-state index is 0.279. The van der Waals surface area contributed by atoms with Crippen LogP contribution >= 0.6 is 23.1 Å². The quantitative estimate of drug-likeness (QED) is 0.183. The van der Waals surface area contributed by atoms with E-state index in [0.29, 0.717) is 27.4 Å². The van der Waals surface area contributed by atoms with Crippen molar-refractivity contribution in [2.45, 2.75) is 24.0 Å². The van der Waals surface area contributed by atoms with Crippen LogP contribution in [0.5, 0.6) is 0 Å². The van der Waals surface area contributed by atoms with Crippen molar-refractivity contribution >= 4 is 51.6 Å². The average Bonchev–Trinajstić information content (AvgIpc) is 3.32. The van der Waals surface area contributed by atoms with Crippen molar-refractivity contribution in [1.82, 2.24) is 0 Å². The van der Waals surface area contributed by atoms with E-state index in [0.717, 1.165) is 16.0 Å². The Kier molecular flexibility index (Phi) is 8.60. The van der Waals surface area contributed by atoms with Gasteiger partial charge >= 0.3 is 5.97 Å². The fourth-order valence-electron chi connectivity index (χ4n) is 3.62. The summed E-state index contributed by atoms with van der Waals surface area (Å²) in [5.74, 6) is -1.59. The highest BCUT2D eigenvalue weighted by atomic mass is 32.2. The standard InChI is InChI=1S/C29H25FN2O4S2/c1-17-7-9-19(10-8-17)24-16-37-28(25(24)29(35)36-3)32-26(33)18(2)38-23-6-4-5-22(15-23)31-27(34)20-11-13-21(30)14-12-20/h4-16,18H,1-3H3,(H,31,34)(H,32,33). The summed E-state index contributed by atoms with van der Waals surface area (Å²) in [7, 11) is 1.31. The van der Waals surface area contributed by atoms with Gasteiger partial charge in [0.05, 0.1) is 12.4 Å². The summed E-state index contributed by atoms with van der Waals surface area (Å²) >= 11 is 2.58. The van der Waals surface area contributed by atoms with Gasteiger partial charge in [-0.15, -0.1) is 23.1 Å². The fraction of sp³-hybridized carbons (Fsp3) is 0.138. The molecule has 194 valence electrons. The highest BCUT2D eigenvalue weighted by Crippen LogP contribution is 2.37. The lowest BCUT2D eigenvalue weighted by atomic mass is 10.0. The molecule has 1 atom stereocenters. The predicted molar refractivity (Wildman–Crippen MR) is 151 cm³/mol. The van der Waals surface area contributed by atoms with E-state index >= 15 is 0 Å². The molecule has 1 heterocycles. The average molecular weight is 549 g/mol. The molecular formula is C29H25FN2O4S2. The van der Waals surface area contributed by atoms with Crippen molar-refractivity contribution in [1.29, 1.82) is 0 Å². The van der Waals surface area contributed by atoms with Crippen LogP contribution in [0.3, 0.4) is 0 Å². The van der Waals surface area contributed by atoms with Crippen LogP contribution in [0.4, 0.5) is 15.1 Å². The topological polar surface area (TPSA) is 84.5 Å². The molecule has 2 N–H and O–H groups in total. The summed E-state index contributed by atoms with van der Waals surface area (Å²) in [4.78, 5) is 38.9. The molecule has 0 fully saturated rings. The maximum Gasteiger partial charge on any atom is 0.341 e. The molecule has 0 radical (unpaired) electrons. The number of carbonyl (C=O) groups is 3. The van der Waals surface area contributed by atoms with E-state index in [1.54, 1.807) is 25.1 Å². The number of ether oxygens (including phenoxy) is 1. The third-order valence-electron chi connectivity index (χ3n) is 5.66. The van der Waals surface area contributed by atoms with Gasteiger partial charge in [-0.2, -0.15) is 0 Å². The number of methoxy groups -OCH3 is 1. The number of carbonyl (C=O) groups excluding carboxylic acids is 3. The Labute approximate surface area is 228 Å². The van der Waals surface area contributed by atoms with Crippen molar-refractivity contribution in [3.63, 3.8) is 0 Å². The van der Waals surface area contributed by atoms with Crippen molar-refractivity contribution in [3.8, 4) is 11.1 Å². The van der Waals surface area contributed by atoms with Gasteiger partial charge in [0.25, 0.3) is 5.91 Å². The van der Waals surface area contributed by atoms with Crippen LogP contribution in [-0.2, 0) is 9.53 Å². The van der Waals surface area contributed by atoms with Gasteiger partial charge in [0, 0.05) is 27.1 Å². The molecule has 0 saturated heterocycles. The SMILES string of the molecule is COC(=O)c1c(-c2ccc(C)cc2)csc1NC(=O)C(C)Sc1cccc(NC(=O)c2ccc(F)cc2)c1. The molecular weight excluding hydrogens is 523 g/mol. The zero-order valence-corrected chi connectivity index (χ0v) is 22.5. The van der Waals surface area contributed by atoms with Crippen LogP contribution in [-0.4, -0.2) is 30.1 Å². The van der Waals surface area contributed by atoms with Crippen molar-refractivity contribution in [3.05, 3.63) is 101 Å². The van der Waals surface area contributed by atoms with Crippen molar-refractivity contribution < 1.29 is 23.5 Å². The van der Waals surface area contributed by atoms with E-state index in [1.807, 2.05) is 42.6 Å². The Hall–Kier alpha value is -3.95. The van der Waals surface area contributed by atoms with Gasteiger partial charge in [-0.25, -0.2) is 9.18 Å². The number of hydrogen-bond donors (Lipinski definition) is 2. The van der Waals surface area contributed by atoms with Gasteiger partial charge in [-0.1, -0.05) is 35.9 Å². The number of thioether (sulfide) groups is 1. The second kappa shape index (κ2) is 12.1. The molecule has 1 unspecified atom stereocenters. The number of anilines is 2. The van der Waals surface area contributed by atoms with E-state index in [-0.39, 0.29) is 11.8 Å². The summed E-state index contributed by atoms with van der Waals surface area (Å²) in [6, 6.07) is 20.1. The molecule has 4 aromatic rings. The third-order valence-corrected chi connectivity index (χ3v) is 7.65. The molecule has 4 rings (SSSR count). The number of halogens is 1. The first-order valence-electron chi connectivity index (χ1n) is 11.7. The molecule has 3 aromatic carbocycles. The fourth-order valence-corrected chi connectivity index (χ4v) is 5.51. The molecule has 2 amide bonds. The van der Waals surface area contributed by atoms with Crippen LogP contribution < -0.4 is 10.6 Å². The Morgan fingerprint density at radius 3 is 2.37 bits per heavy atom. The summed E-state index contributed by atoms with van der Waals surface area (Å²) < 4.78 is 18.1. The van der Waals surface area contributed by atoms with E-state index in [2.05, 4.69) is 10.6 Å². The largest absolute Gasteiger partial charge is 0.465 e. The maximum atomic E-state index is 13.1. The second-order valence-corrected chi connectivity index (χ2v) is 10.7. The molecule has 0 aliphatic rings. The number of amides is 2. The zero-order chi connectivity index (χ0) is 27.2. The summed E-state index contributed by atoms with van der Waals surface area (Å²) in [5.41, 5.74) is 3.85. The molecule has 9 heteroatoms. The van der Waals surface area contributed by atoms with Gasteiger partial charge in [0.2, 0.25) is 5.91 Å². The first-order chi connectivity index (χ1) is 18.2. The molecule has 1 aromatic heterocycles. The molecule has 0 spiro atoms. The van der Waals surface area contributed by atoms with E-state index in [1.165, 1.54) is 54.5 Å². The smallest absolute Gasteiger partial charge is 0.341 e. The Bertz CT molecular complexity index is 1470. The van der Waals surface area contributed by atoms with Gasteiger partial charge in [0.15, 0.2) is 0 Å². The lowest BCUT2D eigenvalue weighted by Gasteiger charge is -2.13. The lowest BCUT2D eigenvalue weighted by Crippen LogP contribution is -2.23.